The Balaban J connectivity index is 0.825. The second kappa shape index (κ2) is 28.3. The zero-order valence-electron chi connectivity index (χ0n) is 51.4. The van der Waals surface area contributed by atoms with Gasteiger partial charge in [-0.05, 0) is 84.2 Å². The number of aromatic amines is 1. The number of thiazole rings is 1. The quantitative estimate of drug-likeness (QED) is 0.0223. The van der Waals surface area contributed by atoms with Gasteiger partial charge in [-0.15, -0.1) is 11.3 Å². The molecule has 1 saturated heterocycles. The molecule has 480 valence electrons. The van der Waals surface area contributed by atoms with E-state index in [2.05, 4.69) is 30.9 Å². The van der Waals surface area contributed by atoms with Gasteiger partial charge < -0.3 is 44.8 Å². The van der Waals surface area contributed by atoms with Crippen LogP contribution in [0.4, 0.5) is 25.1 Å². The van der Waals surface area contributed by atoms with Gasteiger partial charge in [0.2, 0.25) is 17.7 Å². The maximum atomic E-state index is 15.6. The normalized spacial score (nSPS) is 15.5. The Morgan fingerprint density at radius 2 is 1.58 bits per heavy atom. The summed E-state index contributed by atoms with van der Waals surface area (Å²) in [5.41, 5.74) is 5.74. The number of sulfone groups is 1. The van der Waals surface area contributed by atoms with E-state index in [0.29, 0.717) is 57.5 Å². The predicted molar refractivity (Wildman–Crippen MR) is 340 cm³/mol. The molecule has 4 aromatic heterocycles. The number of hydrogen-bond acceptors (Lipinski definition) is 17. The van der Waals surface area contributed by atoms with E-state index in [9.17, 15) is 50.0 Å². The molecule has 0 aliphatic carbocycles. The van der Waals surface area contributed by atoms with Crippen LogP contribution in [0.5, 0.6) is 0 Å². The first-order valence-corrected chi connectivity index (χ1v) is 35.5. The molecule has 2 aliphatic rings. The van der Waals surface area contributed by atoms with E-state index >= 15 is 4.39 Å². The molecule has 21 nitrogen and oxygen atoms in total. The van der Waals surface area contributed by atoms with Crippen molar-refractivity contribution in [3.8, 4) is 21.6 Å². The van der Waals surface area contributed by atoms with Crippen molar-refractivity contribution >= 4 is 93.0 Å². The number of halogens is 2. The number of nitrogens with zero attached hydrogens (tertiary/aromatic N) is 5. The molecule has 0 unspecified atom stereocenters. The first kappa shape index (κ1) is 67.7. The molecule has 4 N–H and O–H groups in total. The second-order valence-corrected chi connectivity index (χ2v) is 32.6. The highest BCUT2D eigenvalue weighted by molar-refractivity contribution is 8.72. The van der Waals surface area contributed by atoms with Gasteiger partial charge in [0.25, 0.3) is 11.5 Å². The number of unbranched alkanes of at least 4 members (excludes halogenated alkanes) is 7. The molecule has 89 heavy (non-hydrogen) atoms. The number of amides is 4. The minimum atomic E-state index is -3.70. The van der Waals surface area contributed by atoms with Crippen LogP contribution in [0.2, 0.25) is 0 Å². The molecule has 3 atom stereocenters. The van der Waals surface area contributed by atoms with E-state index in [0.717, 1.165) is 78.9 Å². The van der Waals surface area contributed by atoms with Crippen molar-refractivity contribution in [2.75, 3.05) is 37.1 Å². The molecule has 6 heterocycles. The summed E-state index contributed by atoms with van der Waals surface area (Å²) in [4.78, 5) is 97.8. The fraction of sp³-hybridized carbons (Fsp3) is 0.484. The van der Waals surface area contributed by atoms with Gasteiger partial charge in [0, 0.05) is 86.0 Å². The van der Waals surface area contributed by atoms with E-state index in [1.807, 2.05) is 31.2 Å². The van der Waals surface area contributed by atoms with E-state index in [4.69, 9.17) is 9.47 Å². The van der Waals surface area contributed by atoms with Crippen molar-refractivity contribution in [1.29, 1.82) is 0 Å². The number of fused-ring (bicyclic) bond motifs is 2. The van der Waals surface area contributed by atoms with E-state index < -0.39 is 88.3 Å². The largest absolute Gasteiger partial charge is 0.508 e. The van der Waals surface area contributed by atoms with E-state index in [-0.39, 0.29) is 79.6 Å². The van der Waals surface area contributed by atoms with Crippen LogP contribution in [-0.4, -0.2) is 126 Å². The second-order valence-electron chi connectivity index (χ2n) is 24.6. The minimum Gasteiger partial charge on any atom is -0.433 e. The number of ether oxygens (including phenoxy) is 2. The number of aryl methyl sites for hydroxylation is 2. The lowest BCUT2D eigenvalue weighted by molar-refractivity contribution is -0.144. The van der Waals surface area contributed by atoms with Crippen molar-refractivity contribution in [3.63, 3.8) is 0 Å². The average Bonchev–Trinajstić information content (AvgIpc) is 1.64. The fourth-order valence-corrected chi connectivity index (χ4v) is 16.3. The Hall–Kier alpha value is -7.23. The third kappa shape index (κ3) is 17.6. The number of carbonyl (C=O) groups is 5. The molecule has 2 aromatic carbocycles. The number of likely N-dealkylation sites (tertiary alicyclic amines) is 1. The minimum absolute atomic E-state index is 0.0241. The van der Waals surface area contributed by atoms with Gasteiger partial charge in [-0.25, -0.2) is 40.4 Å². The molecule has 4 amide bonds. The summed E-state index contributed by atoms with van der Waals surface area (Å²) in [6, 6.07) is 9.32. The van der Waals surface area contributed by atoms with Gasteiger partial charge in [0.15, 0.2) is 30.3 Å². The van der Waals surface area contributed by atoms with E-state index in [1.54, 1.807) is 65.6 Å². The van der Waals surface area contributed by atoms with Gasteiger partial charge in [-0.1, -0.05) is 83.6 Å². The Kier molecular flexibility index (Phi) is 21.5. The first-order chi connectivity index (χ1) is 41.9. The first-order valence-electron chi connectivity index (χ1n) is 29.4. The summed E-state index contributed by atoms with van der Waals surface area (Å²) >= 11 is 1.53. The summed E-state index contributed by atoms with van der Waals surface area (Å²) in [5, 5.41) is 9.34. The molecule has 0 bridgehead atoms. The van der Waals surface area contributed by atoms with Crippen LogP contribution >= 0.6 is 22.1 Å². The van der Waals surface area contributed by atoms with Gasteiger partial charge in [-0.2, -0.15) is 0 Å². The third-order valence-electron chi connectivity index (χ3n) is 15.4. The monoisotopic (exact) mass is 1310 g/mol. The molecular formula is C62H77F2N9O12S4. The van der Waals surface area contributed by atoms with Crippen LogP contribution in [0.3, 0.4) is 0 Å². The van der Waals surface area contributed by atoms with Crippen LogP contribution in [0.15, 0.2) is 71.4 Å². The van der Waals surface area contributed by atoms with Crippen LogP contribution in [0.1, 0.15) is 132 Å². The summed E-state index contributed by atoms with van der Waals surface area (Å²) in [6.07, 6.45) is 10.4. The lowest BCUT2D eigenvalue weighted by Gasteiger charge is -2.35. The third-order valence-corrected chi connectivity index (χ3v) is 20.4. The Morgan fingerprint density at radius 3 is 2.22 bits per heavy atom. The van der Waals surface area contributed by atoms with Crippen LogP contribution < -0.4 is 26.4 Å². The lowest BCUT2D eigenvalue weighted by atomic mass is 9.85. The van der Waals surface area contributed by atoms with Crippen molar-refractivity contribution in [1.82, 2.24) is 40.4 Å². The topological polar surface area (TPSA) is 278 Å². The smallest absolute Gasteiger partial charge is 0.433 e. The maximum Gasteiger partial charge on any atom is 0.508 e. The number of anilines is 2. The standard InChI is InChI=1S/C62H77F2N9O12S4/c1-37-53(86-36-69-37)39-21-19-38(20-22-39)28-68-57(76)49-26-43(85-60(79)84-35-62(5,6)87-89(9,82)83)32-73(49)59(78)54(61(2,3)4)70-50(74)18-16-14-12-10-11-13-15-17-23-65-56(75)44-27-48-45(24-40(44)34-88(8,80)81)46-33-71(7)58(77)52-51(46)41(29-66-52)31-72(48)55-47(64)25-42(63)30-67-55/h19-22,24-25,27,29-30,33,36,43,49,54,66H,10-18,23,26,28,31-32,34-35H2,1-9H3,(H,65,75)(H,68,76)(H,70,74)/t43-,49+,54+/m0/s1. The number of H-pyrrole nitrogens is 1. The van der Waals surface area contributed by atoms with Gasteiger partial charge in [-0.3, -0.25) is 24.0 Å². The Bertz CT molecular complexity index is 3920. The molecule has 8 rings (SSSR count). The predicted octanol–water partition coefficient (Wildman–Crippen LogP) is 9.52. The van der Waals surface area contributed by atoms with Gasteiger partial charge in [0.05, 0.1) is 51.6 Å². The highest BCUT2D eigenvalue weighted by Crippen LogP contribution is 2.45. The molecule has 0 radical (unpaired) electrons. The number of nitrogens with one attached hydrogen (secondary N) is 4. The molecule has 2 aliphatic heterocycles. The number of carbonyl (C=O) groups excluding carboxylic acids is 5. The molecule has 1 fully saturated rings. The van der Waals surface area contributed by atoms with Crippen LogP contribution in [0, 0.1) is 24.0 Å². The van der Waals surface area contributed by atoms with Crippen LogP contribution in [0.25, 0.3) is 32.5 Å². The molecule has 0 saturated carbocycles. The number of hydrogen-bond donors (Lipinski definition) is 4. The zero-order chi connectivity index (χ0) is 64.8. The Morgan fingerprint density at radius 1 is 0.899 bits per heavy atom. The number of aromatic nitrogens is 4. The fourth-order valence-electron chi connectivity index (χ4n) is 11.2. The molecule has 6 aromatic rings. The SMILES string of the molecule is Cc1ncsc1-c1ccc(CNC(=O)[C@H]2C[C@H](OC(=O)OCC(C)(C)SS(C)(=O)=O)CN2C(=O)[C@@H](NC(=O)CCCCCCCCCCNC(=O)c2cc3c(cc2CS(C)(=O)=O)-c2cn(C)c(=O)c4[nH]cc(c24)CN3c2ncc(F)cc2F)C(C)(C)C)cc1. The molecular weight excluding hydrogens is 1230 g/mol. The van der Waals surface area contributed by atoms with Crippen molar-refractivity contribution in [2.45, 2.75) is 148 Å². The average molecular weight is 1310 g/mol. The van der Waals surface area contributed by atoms with Crippen molar-refractivity contribution in [2.24, 2.45) is 12.5 Å². The van der Waals surface area contributed by atoms with Gasteiger partial charge >= 0.3 is 6.16 Å². The van der Waals surface area contributed by atoms with E-state index in [1.165, 1.54) is 31.8 Å². The van der Waals surface area contributed by atoms with Gasteiger partial charge in [0.1, 0.15) is 36.1 Å². The lowest BCUT2D eigenvalue weighted by Crippen LogP contribution is -2.57. The highest BCUT2D eigenvalue weighted by Gasteiger charge is 2.46. The highest BCUT2D eigenvalue weighted by atomic mass is 33.1. The Labute approximate surface area is 524 Å². The summed E-state index contributed by atoms with van der Waals surface area (Å²) in [5.74, 6) is -4.47. The number of pyridine rings is 2. The summed E-state index contributed by atoms with van der Waals surface area (Å²) < 4.78 is 90.7. The number of rotatable bonds is 26. The summed E-state index contributed by atoms with van der Waals surface area (Å²) in [6.45, 7) is 10.5. The zero-order valence-corrected chi connectivity index (χ0v) is 54.7. The van der Waals surface area contributed by atoms with Crippen LogP contribution in [-0.2, 0) is 68.5 Å². The molecule has 27 heteroatoms. The molecule has 0 spiro atoms. The van der Waals surface area contributed by atoms with Crippen molar-refractivity contribution in [3.05, 3.63) is 117 Å². The number of benzene rings is 2. The maximum absolute atomic E-state index is 15.6. The summed E-state index contributed by atoms with van der Waals surface area (Å²) in [7, 11) is -4.95. The van der Waals surface area contributed by atoms with Crippen molar-refractivity contribution < 1.29 is 59.1 Å².